The van der Waals surface area contributed by atoms with Gasteiger partial charge in [-0.05, 0) is 67.1 Å². The molecule has 2 aliphatic heterocycles. The van der Waals surface area contributed by atoms with Crippen molar-refractivity contribution in [3.05, 3.63) is 76.7 Å². The molecule has 2 aromatic carbocycles. The average molecular weight is 475 g/mol. The number of carbonyl (C=O) groups is 2. The summed E-state index contributed by atoms with van der Waals surface area (Å²) in [6.45, 7) is 3.82. The van der Waals surface area contributed by atoms with Gasteiger partial charge < -0.3 is 10.2 Å². The normalized spacial score (nSPS) is 18.3. The molecule has 1 saturated carbocycles. The molecule has 6 nitrogen and oxygen atoms in total. The SMILES string of the molecule is Cc1cc(N2N=C3CCN(Cc4ccc(C(=O)NCC5CCCCC5)cc4)C=C3C2=O)ccc1F. The molecule has 0 bridgehead atoms. The summed E-state index contributed by atoms with van der Waals surface area (Å²) in [5.41, 5.74) is 4.14. The molecule has 0 aromatic heterocycles. The van der Waals surface area contributed by atoms with Crippen LogP contribution in [-0.2, 0) is 11.3 Å². The first-order valence-electron chi connectivity index (χ1n) is 12.5. The number of aryl methyl sites for hydroxylation is 1. The van der Waals surface area contributed by atoms with Gasteiger partial charge in [0.05, 0.1) is 17.0 Å². The quantitative estimate of drug-likeness (QED) is 0.645. The maximum atomic E-state index is 13.6. The number of fused-ring (bicyclic) bond motifs is 1. The van der Waals surface area contributed by atoms with Crippen LogP contribution in [0.1, 0.15) is 60.0 Å². The fraction of sp³-hybridized carbons (Fsp3) is 0.393. The Kier molecular flexibility index (Phi) is 6.66. The van der Waals surface area contributed by atoms with E-state index >= 15 is 0 Å². The number of amides is 2. The van der Waals surface area contributed by atoms with Crippen LogP contribution in [0.2, 0.25) is 0 Å². The lowest BCUT2D eigenvalue weighted by Gasteiger charge is -2.25. The Bertz CT molecular complexity index is 1180. The molecule has 35 heavy (non-hydrogen) atoms. The number of anilines is 1. The number of hydrazone groups is 1. The van der Waals surface area contributed by atoms with Crippen molar-refractivity contribution in [1.82, 2.24) is 10.2 Å². The lowest BCUT2D eigenvalue weighted by atomic mass is 9.89. The highest BCUT2D eigenvalue weighted by atomic mass is 19.1. The number of nitrogens with one attached hydrogen (secondary N) is 1. The van der Waals surface area contributed by atoms with Crippen molar-refractivity contribution in [2.24, 2.45) is 11.0 Å². The Morgan fingerprint density at radius 1 is 1.11 bits per heavy atom. The van der Waals surface area contributed by atoms with Crippen LogP contribution in [0.4, 0.5) is 10.1 Å². The molecule has 2 heterocycles. The largest absolute Gasteiger partial charge is 0.372 e. The molecule has 182 valence electrons. The maximum absolute atomic E-state index is 13.6. The predicted octanol–water partition coefficient (Wildman–Crippen LogP) is 4.94. The first kappa shape index (κ1) is 23.3. The number of hydrogen-bond donors (Lipinski definition) is 1. The van der Waals surface area contributed by atoms with E-state index in [-0.39, 0.29) is 17.6 Å². The second kappa shape index (κ2) is 10.0. The Balaban J connectivity index is 1.20. The first-order chi connectivity index (χ1) is 17.0. The van der Waals surface area contributed by atoms with Crippen molar-refractivity contribution in [3.8, 4) is 0 Å². The van der Waals surface area contributed by atoms with E-state index in [1.54, 1.807) is 19.1 Å². The van der Waals surface area contributed by atoms with Crippen LogP contribution in [0, 0.1) is 18.7 Å². The summed E-state index contributed by atoms with van der Waals surface area (Å²) < 4.78 is 13.6. The lowest BCUT2D eigenvalue weighted by molar-refractivity contribution is -0.114. The van der Waals surface area contributed by atoms with E-state index in [2.05, 4.69) is 15.3 Å². The van der Waals surface area contributed by atoms with Gasteiger partial charge in [-0.2, -0.15) is 10.1 Å². The zero-order chi connectivity index (χ0) is 24.4. The van der Waals surface area contributed by atoms with Gasteiger partial charge in [-0.3, -0.25) is 9.59 Å². The lowest BCUT2D eigenvalue weighted by Crippen LogP contribution is -2.30. The average Bonchev–Trinajstić information content (AvgIpc) is 3.21. The van der Waals surface area contributed by atoms with E-state index in [0.29, 0.717) is 41.3 Å². The van der Waals surface area contributed by atoms with Crippen LogP contribution in [0.3, 0.4) is 0 Å². The van der Waals surface area contributed by atoms with Crippen LogP contribution >= 0.6 is 0 Å². The van der Waals surface area contributed by atoms with E-state index in [1.165, 1.54) is 43.2 Å². The van der Waals surface area contributed by atoms with Crippen molar-refractivity contribution >= 4 is 23.2 Å². The molecular formula is C28H31FN4O2. The Hall–Kier alpha value is -3.48. The molecule has 0 radical (unpaired) electrons. The second-order valence-corrected chi connectivity index (χ2v) is 9.77. The zero-order valence-corrected chi connectivity index (χ0v) is 20.1. The van der Waals surface area contributed by atoms with E-state index in [9.17, 15) is 14.0 Å². The van der Waals surface area contributed by atoms with Gasteiger partial charge in [-0.25, -0.2) is 4.39 Å². The molecular weight excluding hydrogens is 443 g/mol. The fourth-order valence-corrected chi connectivity index (χ4v) is 5.06. The number of benzene rings is 2. The van der Waals surface area contributed by atoms with Crippen molar-refractivity contribution in [3.63, 3.8) is 0 Å². The third kappa shape index (κ3) is 5.14. The minimum Gasteiger partial charge on any atom is -0.372 e. The third-order valence-electron chi connectivity index (χ3n) is 7.17. The minimum absolute atomic E-state index is 0.0178. The van der Waals surface area contributed by atoms with E-state index in [4.69, 9.17) is 0 Å². The topological polar surface area (TPSA) is 65.0 Å². The molecule has 3 aliphatic rings. The molecule has 1 N–H and O–H groups in total. The van der Waals surface area contributed by atoms with Gasteiger partial charge >= 0.3 is 0 Å². The summed E-state index contributed by atoms with van der Waals surface area (Å²) in [6.07, 6.45) is 8.80. The van der Waals surface area contributed by atoms with Crippen molar-refractivity contribution in [2.45, 2.75) is 52.0 Å². The van der Waals surface area contributed by atoms with Gasteiger partial charge in [0.2, 0.25) is 0 Å². The molecule has 5 rings (SSSR count). The van der Waals surface area contributed by atoms with Crippen LogP contribution in [0.5, 0.6) is 0 Å². The van der Waals surface area contributed by atoms with Crippen LogP contribution < -0.4 is 10.3 Å². The molecule has 1 fully saturated rings. The fourth-order valence-electron chi connectivity index (χ4n) is 5.06. The number of hydrogen-bond acceptors (Lipinski definition) is 4. The van der Waals surface area contributed by atoms with E-state index in [0.717, 1.165) is 24.4 Å². The number of rotatable bonds is 6. The highest BCUT2D eigenvalue weighted by Crippen LogP contribution is 2.29. The van der Waals surface area contributed by atoms with Gasteiger partial charge in [0.15, 0.2) is 0 Å². The molecule has 0 saturated heterocycles. The van der Waals surface area contributed by atoms with Crippen molar-refractivity contribution < 1.29 is 14.0 Å². The smallest absolute Gasteiger partial charge is 0.282 e. The standard InChI is InChI=1S/C28H31FN4O2/c1-19-15-23(11-12-25(19)29)33-28(35)24-18-32(14-13-26(24)31-33)17-21-7-9-22(10-8-21)27(34)30-16-20-5-3-2-4-6-20/h7-12,15,18,20H,2-6,13-14,16-17H2,1H3,(H,30,34). The predicted molar refractivity (Wildman–Crippen MR) is 135 cm³/mol. The number of nitrogens with zero attached hydrogens (tertiary/aromatic N) is 3. The molecule has 7 heteroatoms. The first-order valence-corrected chi connectivity index (χ1v) is 12.5. The van der Waals surface area contributed by atoms with Crippen LogP contribution in [0.15, 0.2) is 59.3 Å². The highest BCUT2D eigenvalue weighted by Gasteiger charge is 2.34. The van der Waals surface area contributed by atoms with Crippen molar-refractivity contribution in [1.29, 1.82) is 0 Å². The minimum atomic E-state index is -0.302. The summed E-state index contributed by atoms with van der Waals surface area (Å²) in [5.74, 6) is 0.0915. The molecule has 0 unspecified atom stereocenters. The summed E-state index contributed by atoms with van der Waals surface area (Å²) in [5, 5.41) is 8.94. The summed E-state index contributed by atoms with van der Waals surface area (Å²) in [7, 11) is 0. The molecule has 0 spiro atoms. The molecule has 2 amide bonds. The third-order valence-corrected chi connectivity index (χ3v) is 7.17. The zero-order valence-electron chi connectivity index (χ0n) is 20.1. The highest BCUT2D eigenvalue weighted by molar-refractivity contribution is 6.30. The number of carbonyl (C=O) groups excluding carboxylic acids is 2. The Morgan fingerprint density at radius 2 is 1.89 bits per heavy atom. The Morgan fingerprint density at radius 3 is 2.63 bits per heavy atom. The Labute approximate surface area is 205 Å². The van der Waals surface area contributed by atoms with Crippen molar-refractivity contribution in [2.75, 3.05) is 18.1 Å². The second-order valence-electron chi connectivity index (χ2n) is 9.77. The molecule has 1 aliphatic carbocycles. The summed E-state index contributed by atoms with van der Waals surface area (Å²) >= 11 is 0. The monoisotopic (exact) mass is 474 g/mol. The van der Waals surface area contributed by atoms with Gasteiger partial charge in [-0.15, -0.1) is 0 Å². The van der Waals surface area contributed by atoms with E-state index < -0.39 is 0 Å². The van der Waals surface area contributed by atoms with Gasteiger partial charge in [0.1, 0.15) is 5.82 Å². The summed E-state index contributed by atoms with van der Waals surface area (Å²) in [6, 6.07) is 12.3. The number of halogens is 1. The van der Waals surface area contributed by atoms with Crippen LogP contribution in [0.25, 0.3) is 0 Å². The van der Waals surface area contributed by atoms with Gasteiger partial charge in [0.25, 0.3) is 11.8 Å². The molecule has 0 atom stereocenters. The molecule has 2 aromatic rings. The summed E-state index contributed by atoms with van der Waals surface area (Å²) in [4.78, 5) is 27.6. The van der Waals surface area contributed by atoms with Gasteiger partial charge in [-0.1, -0.05) is 31.4 Å². The van der Waals surface area contributed by atoms with Gasteiger partial charge in [0, 0.05) is 37.8 Å². The van der Waals surface area contributed by atoms with E-state index in [1.807, 2.05) is 30.5 Å². The maximum Gasteiger partial charge on any atom is 0.282 e. The van der Waals surface area contributed by atoms with Crippen LogP contribution in [-0.4, -0.2) is 35.5 Å².